The monoisotopic (exact) mass is 483 g/mol. The number of H-pyrrole nitrogens is 1. The minimum Gasteiger partial charge on any atom is -0.383 e. The van der Waals surface area contributed by atoms with Gasteiger partial charge in [0, 0.05) is 18.7 Å². The summed E-state index contributed by atoms with van der Waals surface area (Å²) in [5.41, 5.74) is 5.45. The Balaban J connectivity index is 1.99. The molecule has 0 aliphatic heterocycles. The van der Waals surface area contributed by atoms with E-state index in [1.54, 1.807) is 12.1 Å². The van der Waals surface area contributed by atoms with Crippen molar-refractivity contribution in [2.45, 2.75) is 19.9 Å². The molecule has 1 aromatic heterocycles. The first kappa shape index (κ1) is 24.5. The molecule has 3 aromatic rings. The molecule has 1 heterocycles. The Morgan fingerprint density at radius 2 is 1.94 bits per heavy atom. The van der Waals surface area contributed by atoms with Crippen molar-refractivity contribution in [1.82, 2.24) is 9.55 Å². The number of amides is 1. The van der Waals surface area contributed by atoms with Crippen LogP contribution in [-0.4, -0.2) is 26.9 Å². The molecule has 0 atom stereocenters. The van der Waals surface area contributed by atoms with E-state index in [9.17, 15) is 24.5 Å². The Labute approximate surface area is 199 Å². The van der Waals surface area contributed by atoms with Gasteiger partial charge in [-0.15, -0.1) is 0 Å². The van der Waals surface area contributed by atoms with Crippen molar-refractivity contribution in [3.05, 3.63) is 102 Å². The number of benzene rings is 2. The summed E-state index contributed by atoms with van der Waals surface area (Å²) >= 11 is 5.83. The van der Waals surface area contributed by atoms with Crippen molar-refractivity contribution in [1.29, 1.82) is 0 Å². The van der Waals surface area contributed by atoms with Gasteiger partial charge in [-0.05, 0) is 29.7 Å². The fourth-order valence-corrected chi connectivity index (χ4v) is 3.53. The summed E-state index contributed by atoms with van der Waals surface area (Å²) in [7, 11) is 0. The zero-order valence-electron chi connectivity index (χ0n) is 18.2. The second-order valence-electron chi connectivity index (χ2n) is 7.36. The van der Waals surface area contributed by atoms with Crippen LogP contribution in [0.25, 0.3) is 6.08 Å². The number of rotatable bonds is 8. The normalized spacial score (nSPS) is 11.0. The third-order valence-corrected chi connectivity index (χ3v) is 5.29. The van der Waals surface area contributed by atoms with Gasteiger partial charge in [0.1, 0.15) is 10.8 Å². The summed E-state index contributed by atoms with van der Waals surface area (Å²) < 4.78 is 1.19. The van der Waals surface area contributed by atoms with Crippen LogP contribution in [-0.2, 0) is 11.3 Å². The summed E-state index contributed by atoms with van der Waals surface area (Å²) in [6.45, 7) is 2.07. The minimum atomic E-state index is -0.788. The predicted octanol–water partition coefficient (Wildman–Crippen LogP) is 3.19. The fourth-order valence-electron chi connectivity index (χ4n) is 3.35. The van der Waals surface area contributed by atoms with Crippen LogP contribution < -0.4 is 21.9 Å². The Hall–Kier alpha value is -4.18. The third kappa shape index (κ3) is 5.41. The van der Waals surface area contributed by atoms with Gasteiger partial charge in [-0.3, -0.25) is 29.3 Å². The number of anilines is 2. The van der Waals surface area contributed by atoms with Gasteiger partial charge in [-0.2, -0.15) is 0 Å². The van der Waals surface area contributed by atoms with Crippen LogP contribution in [0.2, 0.25) is 5.02 Å². The van der Waals surface area contributed by atoms with Crippen molar-refractivity contribution < 1.29 is 9.72 Å². The van der Waals surface area contributed by atoms with E-state index in [-0.39, 0.29) is 35.3 Å². The van der Waals surface area contributed by atoms with Gasteiger partial charge in [0.15, 0.2) is 5.69 Å². The maximum atomic E-state index is 13.0. The molecule has 34 heavy (non-hydrogen) atoms. The maximum absolute atomic E-state index is 13.0. The van der Waals surface area contributed by atoms with Gasteiger partial charge in [-0.1, -0.05) is 54.9 Å². The highest BCUT2D eigenvalue weighted by Crippen LogP contribution is 2.26. The molecule has 0 aliphatic carbocycles. The summed E-state index contributed by atoms with van der Waals surface area (Å²) in [6, 6.07) is 13.2. The van der Waals surface area contributed by atoms with Crippen LogP contribution in [0.4, 0.5) is 17.2 Å². The molecule has 3 N–H and O–H groups in total. The molecule has 0 spiro atoms. The zero-order valence-corrected chi connectivity index (χ0v) is 19.0. The predicted molar refractivity (Wildman–Crippen MR) is 131 cm³/mol. The van der Waals surface area contributed by atoms with Gasteiger partial charge in [0.05, 0.1) is 11.5 Å². The quantitative estimate of drug-likeness (QED) is 0.286. The molecule has 0 saturated carbocycles. The molecular formula is C23H22ClN5O5. The van der Waals surface area contributed by atoms with Crippen LogP contribution in [0.15, 0.2) is 64.2 Å². The lowest BCUT2D eigenvalue weighted by Crippen LogP contribution is -2.41. The molecule has 0 fully saturated rings. The van der Waals surface area contributed by atoms with Crippen LogP contribution in [0, 0.1) is 10.1 Å². The second-order valence-corrected chi connectivity index (χ2v) is 7.76. The highest BCUT2D eigenvalue weighted by atomic mass is 35.5. The lowest BCUT2D eigenvalue weighted by molar-refractivity contribution is -0.384. The number of hydrogen-bond acceptors (Lipinski definition) is 6. The number of hydrogen-bond donors (Lipinski definition) is 2. The Morgan fingerprint density at radius 3 is 2.59 bits per heavy atom. The largest absolute Gasteiger partial charge is 0.383 e. The van der Waals surface area contributed by atoms with Crippen LogP contribution >= 0.6 is 11.6 Å². The van der Waals surface area contributed by atoms with E-state index in [0.717, 1.165) is 5.56 Å². The van der Waals surface area contributed by atoms with E-state index >= 15 is 0 Å². The summed E-state index contributed by atoms with van der Waals surface area (Å²) in [6.07, 6.45) is 3.05. The number of nitro groups is 1. The van der Waals surface area contributed by atoms with Crippen LogP contribution in [0.5, 0.6) is 0 Å². The Bertz CT molecular complexity index is 1360. The average Bonchev–Trinajstić information content (AvgIpc) is 2.80. The lowest BCUT2D eigenvalue weighted by Gasteiger charge is -2.23. The van der Waals surface area contributed by atoms with Gasteiger partial charge in [0.2, 0.25) is 0 Å². The molecule has 0 aliphatic rings. The van der Waals surface area contributed by atoms with Crippen LogP contribution in [0.1, 0.15) is 24.5 Å². The van der Waals surface area contributed by atoms with Gasteiger partial charge < -0.3 is 10.6 Å². The Kier molecular flexibility index (Phi) is 7.64. The number of nitrogens with two attached hydrogens (primary N) is 1. The van der Waals surface area contributed by atoms with Gasteiger partial charge >= 0.3 is 5.69 Å². The maximum Gasteiger partial charge on any atom is 0.330 e. The smallest absolute Gasteiger partial charge is 0.330 e. The minimum absolute atomic E-state index is 0.0268. The SMILES string of the molecule is CCCN(C(=O)/C=C/c1ccc(Cl)c([N+](=O)[O-])c1)c1c(N)n(Cc2ccccc2)c(=O)[nH]c1=O. The van der Waals surface area contributed by atoms with E-state index < -0.39 is 22.1 Å². The van der Waals surface area contributed by atoms with Crippen molar-refractivity contribution in [3.63, 3.8) is 0 Å². The van der Waals surface area contributed by atoms with Crippen molar-refractivity contribution in [2.75, 3.05) is 17.2 Å². The van der Waals surface area contributed by atoms with Gasteiger partial charge in [-0.25, -0.2) is 4.79 Å². The molecule has 0 saturated heterocycles. The number of carbonyl (C=O) groups is 1. The molecule has 0 radical (unpaired) electrons. The first-order chi connectivity index (χ1) is 16.2. The number of aromatic amines is 1. The number of aromatic nitrogens is 2. The second kappa shape index (κ2) is 10.6. The van der Waals surface area contributed by atoms with Crippen LogP contribution in [0.3, 0.4) is 0 Å². The molecule has 0 unspecified atom stereocenters. The summed E-state index contributed by atoms with van der Waals surface area (Å²) in [5.74, 6) is -0.725. The van der Waals surface area contributed by atoms with E-state index in [1.165, 1.54) is 39.8 Å². The molecule has 176 valence electrons. The first-order valence-corrected chi connectivity index (χ1v) is 10.7. The zero-order chi connectivity index (χ0) is 24.8. The van der Waals surface area contributed by atoms with Gasteiger partial charge in [0.25, 0.3) is 17.2 Å². The van der Waals surface area contributed by atoms with E-state index in [1.807, 2.05) is 25.1 Å². The topological polar surface area (TPSA) is 144 Å². The average molecular weight is 484 g/mol. The number of carbonyl (C=O) groups excluding carboxylic acids is 1. The molecule has 2 aromatic carbocycles. The van der Waals surface area contributed by atoms with E-state index in [4.69, 9.17) is 17.3 Å². The molecule has 1 amide bonds. The number of nitrogens with zero attached hydrogens (tertiary/aromatic N) is 3. The number of halogens is 1. The third-order valence-electron chi connectivity index (χ3n) is 4.97. The molecule has 11 heteroatoms. The molecule has 0 bridgehead atoms. The van der Waals surface area contributed by atoms with E-state index in [2.05, 4.69) is 4.98 Å². The first-order valence-electron chi connectivity index (χ1n) is 10.3. The fraction of sp³-hybridized carbons (Fsp3) is 0.174. The van der Waals surface area contributed by atoms with E-state index in [0.29, 0.717) is 12.0 Å². The Morgan fingerprint density at radius 1 is 1.24 bits per heavy atom. The number of nitrogens with one attached hydrogen (secondary N) is 1. The summed E-state index contributed by atoms with van der Waals surface area (Å²) in [5, 5.41) is 11.1. The molecule has 10 nitrogen and oxygen atoms in total. The highest BCUT2D eigenvalue weighted by molar-refractivity contribution is 6.32. The number of nitrogen functional groups attached to an aromatic ring is 1. The lowest BCUT2D eigenvalue weighted by atomic mass is 10.2. The van der Waals surface area contributed by atoms with Crippen molar-refractivity contribution >= 4 is 40.8 Å². The molecule has 3 rings (SSSR count). The van der Waals surface area contributed by atoms with Crippen molar-refractivity contribution in [2.24, 2.45) is 0 Å². The number of nitro benzene ring substituents is 1. The molecular weight excluding hydrogens is 462 g/mol. The summed E-state index contributed by atoms with van der Waals surface area (Å²) in [4.78, 5) is 52.0. The highest BCUT2D eigenvalue weighted by Gasteiger charge is 2.22. The van der Waals surface area contributed by atoms with Crippen molar-refractivity contribution in [3.8, 4) is 0 Å². The standard InChI is InChI=1S/C23H22ClN5O5/c1-2-12-27(19(30)11-9-15-8-10-17(24)18(13-15)29(33)34)20-21(25)28(23(32)26-22(20)31)14-16-6-4-3-5-7-16/h3-11,13H,2,12,14,25H2,1H3,(H,26,31,32)/b11-9+.